The summed E-state index contributed by atoms with van der Waals surface area (Å²) in [7, 11) is 0. The number of rotatable bonds is 11. The second kappa shape index (κ2) is 12.1. The lowest BCUT2D eigenvalue weighted by Crippen LogP contribution is -2.57. The number of carbonyl (C=O) groups is 5. The molecule has 4 rings (SSSR count). The van der Waals surface area contributed by atoms with Crippen LogP contribution >= 0.6 is 0 Å². The van der Waals surface area contributed by atoms with E-state index in [1.807, 2.05) is 24.3 Å². The molecule has 1 aromatic carbocycles. The highest BCUT2D eigenvalue weighted by Crippen LogP contribution is 2.22. The van der Waals surface area contributed by atoms with E-state index in [4.69, 9.17) is 5.73 Å². The number of benzene rings is 1. The zero-order chi connectivity index (χ0) is 27.2. The number of hydrogen-bond donors (Lipinski definition) is 6. The number of carboxylic acid groups (broad SMARTS) is 1. The smallest absolute Gasteiger partial charge is 0.326 e. The molecule has 2 fully saturated rings. The van der Waals surface area contributed by atoms with Crippen molar-refractivity contribution < 1.29 is 29.1 Å². The predicted octanol–water partition coefficient (Wildman–Crippen LogP) is -0.227. The third kappa shape index (κ3) is 6.31. The third-order valence-electron chi connectivity index (χ3n) is 7.22. The largest absolute Gasteiger partial charge is 0.480 e. The van der Waals surface area contributed by atoms with Crippen molar-refractivity contribution in [3.05, 3.63) is 36.0 Å². The number of carbonyl (C=O) groups excluding carboxylic acids is 4. The minimum Gasteiger partial charge on any atom is -0.480 e. The maximum Gasteiger partial charge on any atom is 0.326 e. The van der Waals surface area contributed by atoms with Crippen molar-refractivity contribution in [2.24, 2.45) is 5.73 Å². The lowest BCUT2D eigenvalue weighted by molar-refractivity contribution is -0.145. The third-order valence-corrected chi connectivity index (χ3v) is 7.22. The lowest BCUT2D eigenvalue weighted by atomic mass is 10.0. The summed E-state index contributed by atoms with van der Waals surface area (Å²) >= 11 is 0. The van der Waals surface area contributed by atoms with Crippen molar-refractivity contribution in [2.45, 2.75) is 69.1 Å². The SMILES string of the molecule is NC(=O)CCC(NC(=O)C1CCCN1)C(=O)N1CCCC1C(=O)NC(Cc1c[nH]c2ccccc12)C(=O)O. The van der Waals surface area contributed by atoms with Crippen molar-refractivity contribution in [2.75, 3.05) is 13.1 Å². The molecule has 12 nitrogen and oxygen atoms in total. The molecule has 1 aromatic heterocycles. The van der Waals surface area contributed by atoms with Crippen LogP contribution in [0.3, 0.4) is 0 Å². The molecule has 0 bridgehead atoms. The molecule has 7 N–H and O–H groups in total. The summed E-state index contributed by atoms with van der Waals surface area (Å²) in [5.41, 5.74) is 6.90. The molecule has 0 aliphatic carbocycles. The number of primary amides is 1. The van der Waals surface area contributed by atoms with E-state index in [1.54, 1.807) is 6.20 Å². The van der Waals surface area contributed by atoms with Gasteiger partial charge in [-0.25, -0.2) is 4.79 Å². The Bertz CT molecular complexity index is 1210. The second-order valence-electron chi connectivity index (χ2n) is 9.87. The number of carboxylic acids is 1. The Balaban J connectivity index is 1.45. The Hall–Kier alpha value is -3.93. The monoisotopic (exact) mass is 526 g/mol. The summed E-state index contributed by atoms with van der Waals surface area (Å²) in [5, 5.41) is 19.1. The molecule has 12 heteroatoms. The Labute approximate surface area is 219 Å². The van der Waals surface area contributed by atoms with Crippen LogP contribution in [0.1, 0.15) is 44.1 Å². The Morgan fingerprint density at radius 1 is 1.05 bits per heavy atom. The highest BCUT2D eigenvalue weighted by Gasteiger charge is 2.39. The van der Waals surface area contributed by atoms with Gasteiger partial charge in [0, 0.05) is 36.5 Å². The normalized spacial score (nSPS) is 20.7. The van der Waals surface area contributed by atoms with Gasteiger partial charge in [-0.3, -0.25) is 19.2 Å². The van der Waals surface area contributed by atoms with Gasteiger partial charge >= 0.3 is 5.97 Å². The standard InChI is InChI=1S/C26H34N6O6/c27-22(33)10-9-19(30-23(34)18-7-3-11-28-18)25(36)32-12-4-8-21(32)24(35)31-20(26(37)38)13-15-14-29-17-6-2-1-5-16(15)17/h1-2,5-6,14,18-21,28-29H,3-4,7-13H2,(H2,27,33)(H,30,34)(H,31,35)(H,37,38). The molecule has 0 saturated carbocycles. The fourth-order valence-electron chi connectivity index (χ4n) is 5.22. The first-order valence-corrected chi connectivity index (χ1v) is 13.0. The fourth-order valence-corrected chi connectivity index (χ4v) is 5.22. The Morgan fingerprint density at radius 3 is 2.53 bits per heavy atom. The number of nitrogens with one attached hydrogen (secondary N) is 4. The van der Waals surface area contributed by atoms with Crippen LogP contribution < -0.4 is 21.7 Å². The van der Waals surface area contributed by atoms with Crippen LogP contribution in [0.15, 0.2) is 30.5 Å². The van der Waals surface area contributed by atoms with E-state index in [9.17, 15) is 29.1 Å². The van der Waals surface area contributed by atoms with Crippen LogP contribution in [0.4, 0.5) is 0 Å². The summed E-state index contributed by atoms with van der Waals surface area (Å²) in [6.45, 7) is 0.984. The van der Waals surface area contributed by atoms with E-state index in [0.29, 0.717) is 25.8 Å². The molecule has 3 heterocycles. The van der Waals surface area contributed by atoms with Gasteiger partial charge < -0.3 is 36.7 Å². The quantitative estimate of drug-likeness (QED) is 0.233. The van der Waals surface area contributed by atoms with Gasteiger partial charge in [-0.15, -0.1) is 0 Å². The molecule has 204 valence electrons. The number of H-pyrrole nitrogens is 1. The first-order chi connectivity index (χ1) is 18.2. The minimum absolute atomic E-state index is 0.00970. The first-order valence-electron chi connectivity index (χ1n) is 13.0. The highest BCUT2D eigenvalue weighted by atomic mass is 16.4. The molecular formula is C26H34N6O6. The van der Waals surface area contributed by atoms with Crippen molar-refractivity contribution in [1.29, 1.82) is 0 Å². The van der Waals surface area contributed by atoms with E-state index in [0.717, 1.165) is 22.9 Å². The summed E-state index contributed by atoms with van der Waals surface area (Å²) < 4.78 is 0. The van der Waals surface area contributed by atoms with Crippen LogP contribution in [-0.2, 0) is 30.4 Å². The maximum absolute atomic E-state index is 13.5. The van der Waals surface area contributed by atoms with Crippen LogP contribution in [0.2, 0.25) is 0 Å². The lowest BCUT2D eigenvalue weighted by Gasteiger charge is -2.30. The van der Waals surface area contributed by atoms with E-state index in [1.165, 1.54) is 4.90 Å². The minimum atomic E-state index is -1.20. The average molecular weight is 527 g/mol. The van der Waals surface area contributed by atoms with Gasteiger partial charge in [-0.05, 0) is 50.3 Å². The van der Waals surface area contributed by atoms with Gasteiger partial charge in [0.15, 0.2) is 0 Å². The Morgan fingerprint density at radius 2 is 1.82 bits per heavy atom. The summed E-state index contributed by atoms with van der Waals surface area (Å²) in [6.07, 6.45) is 4.09. The average Bonchev–Trinajstić information content (AvgIpc) is 3.66. The molecule has 2 aliphatic rings. The molecule has 0 radical (unpaired) electrons. The zero-order valence-corrected chi connectivity index (χ0v) is 21.1. The molecule has 2 saturated heterocycles. The van der Waals surface area contributed by atoms with Crippen molar-refractivity contribution in [1.82, 2.24) is 25.8 Å². The molecule has 38 heavy (non-hydrogen) atoms. The number of nitrogens with zero attached hydrogens (tertiary/aromatic N) is 1. The molecule has 4 amide bonds. The van der Waals surface area contributed by atoms with Crippen LogP contribution in [0.5, 0.6) is 0 Å². The number of aliphatic carboxylic acids is 1. The molecule has 4 atom stereocenters. The van der Waals surface area contributed by atoms with Gasteiger partial charge in [0.05, 0.1) is 6.04 Å². The van der Waals surface area contributed by atoms with Crippen molar-refractivity contribution in [3.63, 3.8) is 0 Å². The van der Waals surface area contributed by atoms with Crippen LogP contribution in [0, 0.1) is 0 Å². The number of nitrogens with two attached hydrogens (primary N) is 1. The zero-order valence-electron chi connectivity index (χ0n) is 21.1. The predicted molar refractivity (Wildman–Crippen MR) is 138 cm³/mol. The molecular weight excluding hydrogens is 492 g/mol. The molecule has 2 aromatic rings. The fraction of sp³-hybridized carbons (Fsp3) is 0.500. The summed E-state index contributed by atoms with van der Waals surface area (Å²) in [4.78, 5) is 67.3. The van der Waals surface area contributed by atoms with Crippen molar-refractivity contribution >= 4 is 40.5 Å². The highest BCUT2D eigenvalue weighted by molar-refractivity contribution is 5.95. The van der Waals surface area contributed by atoms with Gasteiger partial charge in [0.25, 0.3) is 0 Å². The summed E-state index contributed by atoms with van der Waals surface area (Å²) in [6, 6.07) is 3.96. The van der Waals surface area contributed by atoms with E-state index in [-0.39, 0.29) is 31.7 Å². The van der Waals surface area contributed by atoms with Gasteiger partial charge in [0.1, 0.15) is 18.1 Å². The van der Waals surface area contributed by atoms with Gasteiger partial charge in [-0.2, -0.15) is 0 Å². The molecule has 0 spiro atoms. The number of hydrogen-bond acceptors (Lipinski definition) is 6. The first kappa shape index (κ1) is 27.1. The number of amides is 4. The second-order valence-corrected chi connectivity index (χ2v) is 9.87. The van der Waals surface area contributed by atoms with Crippen molar-refractivity contribution in [3.8, 4) is 0 Å². The van der Waals surface area contributed by atoms with E-state index in [2.05, 4.69) is 20.9 Å². The maximum atomic E-state index is 13.5. The van der Waals surface area contributed by atoms with Gasteiger partial charge in [0.2, 0.25) is 23.6 Å². The van der Waals surface area contributed by atoms with E-state index < -0.39 is 47.9 Å². The number of likely N-dealkylation sites (tertiary alicyclic amines) is 1. The van der Waals surface area contributed by atoms with Crippen LogP contribution in [-0.4, -0.2) is 81.8 Å². The number of fused-ring (bicyclic) bond motifs is 1. The van der Waals surface area contributed by atoms with Gasteiger partial charge in [-0.1, -0.05) is 18.2 Å². The Kier molecular flexibility index (Phi) is 8.62. The number of aromatic nitrogens is 1. The molecule has 4 unspecified atom stereocenters. The topological polar surface area (TPSA) is 187 Å². The number of aromatic amines is 1. The summed E-state index contributed by atoms with van der Waals surface area (Å²) in [5.74, 6) is -3.18. The van der Waals surface area contributed by atoms with Crippen LogP contribution in [0.25, 0.3) is 10.9 Å². The number of para-hydroxylation sites is 1. The van der Waals surface area contributed by atoms with E-state index >= 15 is 0 Å². The molecule has 2 aliphatic heterocycles.